The quantitative estimate of drug-likeness (QED) is 0.631. The smallest absolute Gasteiger partial charge is 0.316 e. The van der Waals surface area contributed by atoms with Crippen molar-refractivity contribution in [3.8, 4) is 6.01 Å². The van der Waals surface area contributed by atoms with E-state index in [1.165, 1.54) is 7.11 Å². The number of methoxy groups -OCH3 is 2. The Kier molecular flexibility index (Phi) is 2.63. The lowest BCUT2D eigenvalue weighted by atomic mass is 10.3. The van der Waals surface area contributed by atoms with Crippen molar-refractivity contribution < 1.29 is 9.47 Å². The van der Waals surface area contributed by atoms with Crippen LogP contribution < -0.4 is 4.74 Å². The van der Waals surface area contributed by atoms with E-state index in [4.69, 9.17) is 9.47 Å². The molecule has 64 valence electrons. The maximum Gasteiger partial charge on any atom is 0.316 e. The van der Waals surface area contributed by atoms with Crippen LogP contribution in [0.1, 0.15) is 5.56 Å². The van der Waals surface area contributed by atoms with E-state index in [2.05, 4.69) is 16.5 Å². The third kappa shape index (κ3) is 1.72. The number of rotatable bonds is 3. The Balaban J connectivity index is 2.84. The number of hydrogen-bond donors (Lipinski definition) is 0. The van der Waals surface area contributed by atoms with E-state index in [-0.39, 0.29) is 0 Å². The lowest BCUT2D eigenvalue weighted by Crippen LogP contribution is -1.93. The van der Waals surface area contributed by atoms with Gasteiger partial charge < -0.3 is 9.47 Å². The van der Waals surface area contributed by atoms with Crippen LogP contribution in [0.25, 0.3) is 5.76 Å². The molecule has 0 radical (unpaired) electrons. The van der Waals surface area contributed by atoms with Crippen LogP contribution in [0.5, 0.6) is 6.01 Å². The van der Waals surface area contributed by atoms with Gasteiger partial charge in [-0.1, -0.05) is 6.58 Å². The molecule has 0 amide bonds. The molecule has 0 aliphatic heterocycles. The van der Waals surface area contributed by atoms with Gasteiger partial charge in [-0.25, -0.2) is 9.97 Å². The Morgan fingerprint density at radius 1 is 1.33 bits per heavy atom. The predicted molar refractivity (Wildman–Crippen MR) is 44.6 cm³/mol. The van der Waals surface area contributed by atoms with Gasteiger partial charge in [-0.2, -0.15) is 0 Å². The van der Waals surface area contributed by atoms with Gasteiger partial charge >= 0.3 is 6.01 Å². The van der Waals surface area contributed by atoms with Gasteiger partial charge in [0.1, 0.15) is 5.76 Å². The first-order valence-corrected chi connectivity index (χ1v) is 3.37. The highest BCUT2D eigenvalue weighted by Crippen LogP contribution is 2.11. The number of nitrogens with zero attached hydrogens (tertiary/aromatic N) is 2. The van der Waals surface area contributed by atoms with Crippen LogP contribution in [-0.4, -0.2) is 24.2 Å². The van der Waals surface area contributed by atoms with Crippen molar-refractivity contribution in [2.24, 2.45) is 0 Å². The molecule has 0 N–H and O–H groups in total. The number of hydrogen-bond acceptors (Lipinski definition) is 4. The molecule has 0 spiro atoms. The summed E-state index contributed by atoms with van der Waals surface area (Å²) in [5, 5.41) is 0. The molecule has 0 fully saturated rings. The van der Waals surface area contributed by atoms with E-state index in [0.717, 1.165) is 5.56 Å². The van der Waals surface area contributed by atoms with Crippen molar-refractivity contribution in [3.05, 3.63) is 24.5 Å². The Morgan fingerprint density at radius 2 is 1.92 bits per heavy atom. The maximum absolute atomic E-state index is 4.89. The highest BCUT2D eigenvalue weighted by Gasteiger charge is 1.99. The largest absolute Gasteiger partial charge is 0.497 e. The molecule has 1 heterocycles. The van der Waals surface area contributed by atoms with Crippen LogP contribution in [0.4, 0.5) is 0 Å². The second-order valence-corrected chi connectivity index (χ2v) is 2.09. The van der Waals surface area contributed by atoms with E-state index < -0.39 is 0 Å². The SMILES string of the molecule is C=C(OC)c1cnc(OC)nc1. The normalized spacial score (nSPS) is 9.17. The van der Waals surface area contributed by atoms with Crippen molar-refractivity contribution in [1.29, 1.82) is 0 Å². The molecule has 12 heavy (non-hydrogen) atoms. The molecule has 0 aliphatic carbocycles. The fourth-order valence-electron chi connectivity index (χ4n) is 0.683. The van der Waals surface area contributed by atoms with Gasteiger partial charge in [0.2, 0.25) is 0 Å². The first-order chi connectivity index (χ1) is 5.77. The standard InChI is InChI=1S/C8H10N2O2/c1-6(11-2)7-4-9-8(12-3)10-5-7/h4-5H,1H2,2-3H3. The van der Waals surface area contributed by atoms with Crippen molar-refractivity contribution in [2.75, 3.05) is 14.2 Å². The average molecular weight is 166 g/mol. The summed E-state index contributed by atoms with van der Waals surface area (Å²) in [6.07, 6.45) is 3.19. The fraction of sp³-hybridized carbons (Fsp3) is 0.250. The van der Waals surface area contributed by atoms with E-state index >= 15 is 0 Å². The van der Waals surface area contributed by atoms with E-state index in [1.54, 1.807) is 19.5 Å². The van der Waals surface area contributed by atoms with Gasteiger partial charge in [-0.05, 0) is 0 Å². The molecular weight excluding hydrogens is 156 g/mol. The minimum atomic E-state index is 0.336. The molecule has 1 aromatic rings. The van der Waals surface area contributed by atoms with Crippen molar-refractivity contribution in [1.82, 2.24) is 9.97 Å². The Morgan fingerprint density at radius 3 is 2.33 bits per heavy atom. The van der Waals surface area contributed by atoms with Crippen LogP contribution in [0.15, 0.2) is 19.0 Å². The summed E-state index contributed by atoms with van der Waals surface area (Å²) < 4.78 is 9.68. The summed E-state index contributed by atoms with van der Waals surface area (Å²) in [5.74, 6) is 0.539. The average Bonchev–Trinajstić information content (AvgIpc) is 2.17. The van der Waals surface area contributed by atoms with Gasteiger partial charge in [0.15, 0.2) is 0 Å². The van der Waals surface area contributed by atoms with Crippen molar-refractivity contribution in [3.63, 3.8) is 0 Å². The zero-order valence-electron chi connectivity index (χ0n) is 7.07. The van der Waals surface area contributed by atoms with E-state index in [9.17, 15) is 0 Å². The highest BCUT2D eigenvalue weighted by atomic mass is 16.5. The topological polar surface area (TPSA) is 44.2 Å². The summed E-state index contributed by atoms with van der Waals surface area (Å²) in [6.45, 7) is 3.66. The zero-order valence-corrected chi connectivity index (χ0v) is 7.07. The van der Waals surface area contributed by atoms with Gasteiger partial charge in [0.05, 0.1) is 19.8 Å². The lowest BCUT2D eigenvalue weighted by Gasteiger charge is -2.02. The summed E-state index contributed by atoms with van der Waals surface area (Å²) in [4.78, 5) is 7.78. The van der Waals surface area contributed by atoms with Crippen molar-refractivity contribution >= 4 is 5.76 Å². The van der Waals surface area contributed by atoms with Crippen LogP contribution in [0, 0.1) is 0 Å². The number of aromatic nitrogens is 2. The molecule has 4 heteroatoms. The molecule has 0 aromatic carbocycles. The van der Waals surface area contributed by atoms with Gasteiger partial charge in [-0.3, -0.25) is 0 Å². The first-order valence-electron chi connectivity index (χ1n) is 3.37. The highest BCUT2D eigenvalue weighted by molar-refractivity contribution is 5.55. The van der Waals surface area contributed by atoms with Crippen molar-refractivity contribution in [2.45, 2.75) is 0 Å². The third-order valence-electron chi connectivity index (χ3n) is 1.38. The minimum absolute atomic E-state index is 0.336. The minimum Gasteiger partial charge on any atom is -0.497 e. The fourth-order valence-corrected chi connectivity index (χ4v) is 0.683. The molecule has 0 saturated carbocycles. The second kappa shape index (κ2) is 3.71. The molecule has 0 aliphatic rings. The van der Waals surface area contributed by atoms with Crippen LogP contribution >= 0.6 is 0 Å². The maximum atomic E-state index is 4.89. The third-order valence-corrected chi connectivity index (χ3v) is 1.38. The molecule has 4 nitrogen and oxygen atoms in total. The lowest BCUT2D eigenvalue weighted by molar-refractivity contribution is 0.367. The monoisotopic (exact) mass is 166 g/mol. The Hall–Kier alpha value is -1.58. The molecule has 1 aromatic heterocycles. The summed E-state index contributed by atoms with van der Waals surface area (Å²) in [5.41, 5.74) is 0.748. The number of ether oxygens (including phenoxy) is 2. The van der Waals surface area contributed by atoms with E-state index in [1.807, 2.05) is 0 Å². The van der Waals surface area contributed by atoms with Crippen LogP contribution in [0.2, 0.25) is 0 Å². The predicted octanol–water partition coefficient (Wildman–Crippen LogP) is 1.10. The molecular formula is C8H10N2O2. The summed E-state index contributed by atoms with van der Waals surface area (Å²) in [6, 6.07) is 0.336. The van der Waals surface area contributed by atoms with Crippen LogP contribution in [-0.2, 0) is 4.74 Å². The second-order valence-electron chi connectivity index (χ2n) is 2.09. The van der Waals surface area contributed by atoms with Gasteiger partial charge in [-0.15, -0.1) is 0 Å². The first kappa shape index (κ1) is 8.52. The summed E-state index contributed by atoms with van der Waals surface area (Å²) >= 11 is 0. The molecule has 0 atom stereocenters. The summed E-state index contributed by atoms with van der Waals surface area (Å²) in [7, 11) is 3.06. The van der Waals surface area contributed by atoms with Crippen LogP contribution in [0.3, 0.4) is 0 Å². The van der Waals surface area contributed by atoms with Gasteiger partial charge in [0.25, 0.3) is 0 Å². The molecule has 0 unspecified atom stereocenters. The van der Waals surface area contributed by atoms with Gasteiger partial charge in [0, 0.05) is 12.4 Å². The zero-order chi connectivity index (χ0) is 8.97. The Labute approximate surface area is 70.9 Å². The molecule has 0 saturated heterocycles. The molecule has 0 bridgehead atoms. The van der Waals surface area contributed by atoms with E-state index in [0.29, 0.717) is 11.8 Å². The Bertz CT molecular complexity index is 269. The molecule has 1 rings (SSSR count).